The summed E-state index contributed by atoms with van der Waals surface area (Å²) >= 11 is 0. The minimum atomic E-state index is 0. The average molecular weight is 574 g/mol. The summed E-state index contributed by atoms with van der Waals surface area (Å²) < 4.78 is 10.9. The van der Waals surface area contributed by atoms with Gasteiger partial charge in [-0.25, -0.2) is 0 Å². The maximum atomic E-state index is 5.59. The highest BCUT2D eigenvalue weighted by atomic mass is 127. The van der Waals surface area contributed by atoms with Crippen LogP contribution in [0.5, 0.6) is 5.75 Å². The van der Waals surface area contributed by atoms with E-state index < -0.39 is 0 Å². The molecule has 2 aliphatic rings. The highest BCUT2D eigenvalue weighted by Gasteiger charge is 2.24. The van der Waals surface area contributed by atoms with Crippen LogP contribution in [0, 0.1) is 5.92 Å². The topological polar surface area (TPSA) is 61.4 Å². The van der Waals surface area contributed by atoms with E-state index in [1.165, 1.54) is 31.5 Å². The minimum Gasteiger partial charge on any atom is -0.497 e. The molecule has 3 rings (SSSR count). The molecule has 0 amide bonds. The molecule has 2 unspecified atom stereocenters. The number of aliphatic imine (C=N–C) groups is 1. The fraction of sp³-hybridized carbons (Fsp3) is 0.720. The van der Waals surface area contributed by atoms with Gasteiger partial charge in [0.2, 0.25) is 0 Å². The van der Waals surface area contributed by atoms with Crippen LogP contribution in [-0.2, 0) is 4.74 Å². The second kappa shape index (κ2) is 15.0. The molecular weight excluding hydrogens is 529 g/mol. The highest BCUT2D eigenvalue weighted by Crippen LogP contribution is 2.24. The van der Waals surface area contributed by atoms with Crippen molar-refractivity contribution in [3.05, 3.63) is 29.8 Å². The number of methoxy groups -OCH3 is 1. The van der Waals surface area contributed by atoms with Gasteiger partial charge < -0.3 is 25.0 Å². The summed E-state index contributed by atoms with van der Waals surface area (Å²) in [5, 5.41) is 7.07. The van der Waals surface area contributed by atoms with Crippen molar-refractivity contribution in [2.75, 3.05) is 66.1 Å². The molecule has 2 saturated heterocycles. The number of nitrogens with one attached hydrogen (secondary N) is 2. The lowest BCUT2D eigenvalue weighted by Crippen LogP contribution is -2.46. The molecule has 8 heteroatoms. The first-order valence-electron chi connectivity index (χ1n) is 12.3. The van der Waals surface area contributed by atoms with Crippen LogP contribution in [-0.4, -0.2) is 87.9 Å². The maximum Gasteiger partial charge on any atom is 0.191 e. The molecule has 0 saturated carbocycles. The third kappa shape index (κ3) is 8.88. The number of hydrogen-bond acceptors (Lipinski definition) is 5. The molecule has 188 valence electrons. The highest BCUT2D eigenvalue weighted by molar-refractivity contribution is 14.0. The van der Waals surface area contributed by atoms with Gasteiger partial charge in [-0.2, -0.15) is 0 Å². The summed E-state index contributed by atoms with van der Waals surface area (Å²) in [5.74, 6) is 2.48. The molecular formula is C25H44IN5O2. The Labute approximate surface area is 217 Å². The third-order valence-electron chi connectivity index (χ3n) is 6.59. The number of halogens is 1. The van der Waals surface area contributed by atoms with Crippen molar-refractivity contribution >= 4 is 29.9 Å². The van der Waals surface area contributed by atoms with Gasteiger partial charge in [-0.05, 0) is 63.8 Å². The van der Waals surface area contributed by atoms with E-state index in [0.29, 0.717) is 18.5 Å². The zero-order valence-corrected chi connectivity index (χ0v) is 23.2. The quantitative estimate of drug-likeness (QED) is 0.269. The molecule has 7 nitrogen and oxygen atoms in total. The summed E-state index contributed by atoms with van der Waals surface area (Å²) in [6.45, 7) is 15.1. The van der Waals surface area contributed by atoms with Crippen LogP contribution in [0.3, 0.4) is 0 Å². The van der Waals surface area contributed by atoms with Gasteiger partial charge in [-0.1, -0.05) is 12.1 Å². The fourth-order valence-electron chi connectivity index (χ4n) is 4.64. The summed E-state index contributed by atoms with van der Waals surface area (Å²) in [4.78, 5) is 10.1. The van der Waals surface area contributed by atoms with Crippen LogP contribution >= 0.6 is 24.0 Å². The van der Waals surface area contributed by atoms with Crippen molar-refractivity contribution in [2.24, 2.45) is 10.9 Å². The summed E-state index contributed by atoms with van der Waals surface area (Å²) in [6, 6.07) is 9.26. The lowest BCUT2D eigenvalue weighted by Gasteiger charge is -2.36. The molecule has 2 aliphatic heterocycles. The Hall–Kier alpha value is -1.10. The first-order chi connectivity index (χ1) is 15.6. The molecule has 1 aromatic carbocycles. The van der Waals surface area contributed by atoms with E-state index in [1.807, 2.05) is 12.1 Å². The van der Waals surface area contributed by atoms with E-state index in [-0.39, 0.29) is 30.0 Å². The van der Waals surface area contributed by atoms with Crippen molar-refractivity contribution < 1.29 is 9.47 Å². The van der Waals surface area contributed by atoms with E-state index in [1.54, 1.807) is 7.11 Å². The average Bonchev–Trinajstić information content (AvgIpc) is 2.83. The molecule has 1 aromatic rings. The van der Waals surface area contributed by atoms with Gasteiger partial charge in [0.05, 0.1) is 32.9 Å². The normalized spacial score (nSPS) is 21.4. The van der Waals surface area contributed by atoms with Crippen molar-refractivity contribution in [1.29, 1.82) is 0 Å². The summed E-state index contributed by atoms with van der Waals surface area (Å²) in [5.41, 5.74) is 1.27. The molecule has 2 N–H and O–H groups in total. The number of morpholine rings is 1. The van der Waals surface area contributed by atoms with Crippen LogP contribution in [0.2, 0.25) is 0 Å². The molecule has 0 bridgehead atoms. The van der Waals surface area contributed by atoms with Crippen molar-refractivity contribution in [3.63, 3.8) is 0 Å². The number of piperidine rings is 1. The Morgan fingerprint density at radius 2 is 1.85 bits per heavy atom. The zero-order chi connectivity index (χ0) is 22.8. The molecule has 0 aromatic heterocycles. The van der Waals surface area contributed by atoms with Gasteiger partial charge in [0, 0.05) is 38.8 Å². The van der Waals surface area contributed by atoms with E-state index >= 15 is 0 Å². The number of likely N-dealkylation sites (tertiary alicyclic amines) is 1. The Morgan fingerprint density at radius 1 is 1.12 bits per heavy atom. The van der Waals surface area contributed by atoms with E-state index in [9.17, 15) is 0 Å². The smallest absolute Gasteiger partial charge is 0.191 e. The molecule has 2 heterocycles. The van der Waals surface area contributed by atoms with Gasteiger partial charge in [0.25, 0.3) is 0 Å². The molecule has 0 spiro atoms. The van der Waals surface area contributed by atoms with Crippen LogP contribution < -0.4 is 15.4 Å². The Kier molecular flexibility index (Phi) is 12.8. The maximum absolute atomic E-state index is 5.59. The van der Waals surface area contributed by atoms with Crippen LogP contribution in [0.1, 0.15) is 45.2 Å². The van der Waals surface area contributed by atoms with E-state index in [2.05, 4.69) is 53.3 Å². The molecule has 0 aliphatic carbocycles. The predicted octanol–water partition coefficient (Wildman–Crippen LogP) is 3.36. The second-order valence-corrected chi connectivity index (χ2v) is 9.13. The number of ether oxygens (including phenoxy) is 2. The van der Waals surface area contributed by atoms with Crippen molar-refractivity contribution in [3.8, 4) is 5.75 Å². The summed E-state index contributed by atoms with van der Waals surface area (Å²) in [6.07, 6.45) is 2.58. The minimum absolute atomic E-state index is 0. The lowest BCUT2D eigenvalue weighted by molar-refractivity contribution is 0.0179. The van der Waals surface area contributed by atoms with E-state index in [4.69, 9.17) is 14.5 Å². The number of hydrogen-bond donors (Lipinski definition) is 2. The lowest BCUT2D eigenvalue weighted by atomic mass is 9.97. The number of rotatable bonds is 9. The SMILES string of the molecule is CCNC(=NCC(c1ccc(OC)cc1)N1CCOCC1)NCC1CCCN(C(C)C)C1.I. The second-order valence-electron chi connectivity index (χ2n) is 9.13. The standard InChI is InChI=1S/C25H43N5O2.HI/c1-5-26-25(27-17-21-7-6-12-30(19-21)20(2)3)28-18-24(29-13-15-32-16-14-29)22-8-10-23(31-4)11-9-22;/h8-11,20-21,24H,5-7,12-19H2,1-4H3,(H2,26,27,28);1H. The van der Waals surface area contributed by atoms with Gasteiger partial charge >= 0.3 is 0 Å². The zero-order valence-electron chi connectivity index (χ0n) is 20.9. The van der Waals surface area contributed by atoms with Crippen molar-refractivity contribution in [2.45, 2.75) is 45.7 Å². The Bertz CT molecular complexity index is 695. The van der Waals surface area contributed by atoms with E-state index in [0.717, 1.165) is 51.1 Å². The first-order valence-corrected chi connectivity index (χ1v) is 12.3. The van der Waals surface area contributed by atoms with Crippen LogP contribution in [0.4, 0.5) is 0 Å². The molecule has 2 fully saturated rings. The number of nitrogens with zero attached hydrogens (tertiary/aromatic N) is 3. The Morgan fingerprint density at radius 3 is 2.48 bits per heavy atom. The largest absolute Gasteiger partial charge is 0.497 e. The predicted molar refractivity (Wildman–Crippen MR) is 147 cm³/mol. The van der Waals surface area contributed by atoms with Gasteiger partial charge in [-0.3, -0.25) is 9.89 Å². The van der Waals surface area contributed by atoms with Crippen LogP contribution in [0.25, 0.3) is 0 Å². The fourth-order valence-corrected chi connectivity index (χ4v) is 4.64. The summed E-state index contributed by atoms with van der Waals surface area (Å²) in [7, 11) is 1.71. The van der Waals surface area contributed by atoms with Crippen molar-refractivity contribution in [1.82, 2.24) is 20.4 Å². The van der Waals surface area contributed by atoms with Gasteiger partial charge in [0.15, 0.2) is 5.96 Å². The van der Waals surface area contributed by atoms with Gasteiger partial charge in [0.1, 0.15) is 5.75 Å². The molecule has 33 heavy (non-hydrogen) atoms. The first kappa shape index (κ1) is 28.1. The van der Waals surface area contributed by atoms with Gasteiger partial charge in [-0.15, -0.1) is 24.0 Å². The Balaban J connectivity index is 0.00000385. The van der Waals surface area contributed by atoms with Crippen LogP contribution in [0.15, 0.2) is 29.3 Å². The molecule has 0 radical (unpaired) electrons. The number of benzene rings is 1. The molecule has 2 atom stereocenters. The number of guanidine groups is 1. The monoisotopic (exact) mass is 573 g/mol. The third-order valence-corrected chi connectivity index (χ3v) is 6.59.